The summed E-state index contributed by atoms with van der Waals surface area (Å²) in [5.41, 5.74) is 2.93. The van der Waals surface area contributed by atoms with Gasteiger partial charge in [0.2, 0.25) is 0 Å². The third-order valence-electron chi connectivity index (χ3n) is 6.44. The van der Waals surface area contributed by atoms with E-state index in [-0.39, 0.29) is 12.2 Å². The molecule has 168 valence electrons. The summed E-state index contributed by atoms with van der Waals surface area (Å²) in [4.78, 5) is 28.2. The number of nitrogens with zero attached hydrogens (tertiary/aromatic N) is 1. The maximum absolute atomic E-state index is 13.4. The maximum atomic E-state index is 13.4. The normalized spacial score (nSPS) is 17.0. The van der Waals surface area contributed by atoms with Crippen molar-refractivity contribution in [1.29, 1.82) is 0 Å². The lowest BCUT2D eigenvalue weighted by molar-refractivity contribution is -0.135. The summed E-state index contributed by atoms with van der Waals surface area (Å²) in [6.07, 6.45) is 0.362. The van der Waals surface area contributed by atoms with Crippen LogP contribution in [0.15, 0.2) is 109 Å². The number of anilines is 1. The number of rotatable bonds is 7. The molecule has 0 unspecified atom stereocenters. The van der Waals surface area contributed by atoms with Crippen molar-refractivity contribution in [2.45, 2.75) is 18.4 Å². The molecule has 0 spiro atoms. The van der Waals surface area contributed by atoms with Crippen LogP contribution in [0, 0.1) is 0 Å². The first-order chi connectivity index (χ1) is 16.6. The van der Waals surface area contributed by atoms with Crippen molar-refractivity contribution in [3.8, 4) is 11.1 Å². The topological polar surface area (TPSA) is 57.6 Å². The Balaban J connectivity index is 1.37. The summed E-state index contributed by atoms with van der Waals surface area (Å²) in [6, 6.07) is 34.3. The molecule has 4 aromatic rings. The molecule has 5 rings (SSSR count). The highest BCUT2D eigenvalue weighted by atomic mass is 16.3. The Morgan fingerprint density at radius 3 is 2.03 bits per heavy atom. The Labute approximate surface area is 199 Å². The van der Waals surface area contributed by atoms with E-state index in [0.717, 1.165) is 16.7 Å². The van der Waals surface area contributed by atoms with Gasteiger partial charge in [-0.25, -0.2) is 0 Å². The Bertz CT molecular complexity index is 1320. The molecule has 0 saturated heterocycles. The number of fused-ring (bicyclic) bond motifs is 1. The quantitative estimate of drug-likeness (QED) is 0.386. The van der Waals surface area contributed by atoms with Gasteiger partial charge in [0.05, 0.1) is 12.1 Å². The predicted molar refractivity (Wildman–Crippen MR) is 134 cm³/mol. The minimum absolute atomic E-state index is 0.268. The fourth-order valence-electron chi connectivity index (χ4n) is 4.60. The van der Waals surface area contributed by atoms with Crippen molar-refractivity contribution in [3.05, 3.63) is 126 Å². The van der Waals surface area contributed by atoms with Crippen molar-refractivity contribution in [3.63, 3.8) is 0 Å². The van der Waals surface area contributed by atoms with E-state index in [1.54, 1.807) is 29.2 Å². The van der Waals surface area contributed by atoms with Crippen molar-refractivity contribution < 1.29 is 14.7 Å². The minimum Gasteiger partial charge on any atom is -0.375 e. The number of carbonyl (C=O) groups excluding carboxylic acids is 2. The lowest BCUT2D eigenvalue weighted by Gasteiger charge is -2.23. The van der Waals surface area contributed by atoms with E-state index >= 15 is 0 Å². The summed E-state index contributed by atoms with van der Waals surface area (Å²) in [6.45, 7) is 0.433. The van der Waals surface area contributed by atoms with Gasteiger partial charge in [0.1, 0.15) is 0 Å². The van der Waals surface area contributed by atoms with Gasteiger partial charge in [-0.15, -0.1) is 0 Å². The first kappa shape index (κ1) is 21.8. The van der Waals surface area contributed by atoms with E-state index in [1.807, 2.05) is 84.9 Å². The molecule has 1 heterocycles. The molecule has 4 nitrogen and oxygen atoms in total. The van der Waals surface area contributed by atoms with Crippen LogP contribution in [0.1, 0.15) is 27.9 Å². The average molecular weight is 448 g/mol. The molecule has 4 aromatic carbocycles. The molecule has 34 heavy (non-hydrogen) atoms. The summed E-state index contributed by atoms with van der Waals surface area (Å²) < 4.78 is 0. The number of hydrogen-bond donors (Lipinski definition) is 1. The van der Waals surface area contributed by atoms with Gasteiger partial charge in [0.15, 0.2) is 11.4 Å². The van der Waals surface area contributed by atoms with Gasteiger partial charge in [-0.05, 0) is 29.2 Å². The van der Waals surface area contributed by atoms with E-state index in [4.69, 9.17) is 0 Å². The van der Waals surface area contributed by atoms with Crippen LogP contribution >= 0.6 is 0 Å². The van der Waals surface area contributed by atoms with Crippen LogP contribution in [0.2, 0.25) is 0 Å². The molecule has 1 aliphatic rings. The zero-order chi connectivity index (χ0) is 23.5. The standard InChI is InChI=1S/C30H25NO3/c32-28(25-17-15-24(16-18-25)23-11-5-2-6-12-23)21-30(34)26-13-7-8-14-27(26)31(29(30)33)20-19-22-9-3-1-4-10-22/h1-18,34H,19-21H2/t30-/m0/s1. The van der Waals surface area contributed by atoms with Crippen LogP contribution in [0.3, 0.4) is 0 Å². The number of hydrogen-bond acceptors (Lipinski definition) is 3. The molecule has 0 saturated carbocycles. The fourth-order valence-corrected chi connectivity index (χ4v) is 4.60. The average Bonchev–Trinajstić information content (AvgIpc) is 3.10. The smallest absolute Gasteiger partial charge is 0.264 e. The summed E-state index contributed by atoms with van der Waals surface area (Å²) in [5.74, 6) is -0.714. The molecule has 0 aliphatic carbocycles. The molecule has 1 atom stereocenters. The highest BCUT2D eigenvalue weighted by molar-refractivity contribution is 6.10. The van der Waals surface area contributed by atoms with E-state index in [2.05, 4.69) is 0 Å². The number of Topliss-reactive ketones (excluding diaryl/α,β-unsaturated/α-hetero) is 1. The highest BCUT2D eigenvalue weighted by Crippen LogP contribution is 2.43. The first-order valence-electron chi connectivity index (χ1n) is 11.4. The lowest BCUT2D eigenvalue weighted by atomic mass is 9.88. The van der Waals surface area contributed by atoms with Crippen molar-refractivity contribution >= 4 is 17.4 Å². The Morgan fingerprint density at radius 2 is 1.32 bits per heavy atom. The highest BCUT2D eigenvalue weighted by Gasteiger charge is 2.50. The van der Waals surface area contributed by atoms with Gasteiger partial charge < -0.3 is 10.0 Å². The number of benzene rings is 4. The summed E-state index contributed by atoms with van der Waals surface area (Å²) in [5, 5.41) is 11.5. The van der Waals surface area contributed by atoms with Crippen LogP contribution in [-0.4, -0.2) is 23.3 Å². The molecule has 1 amide bonds. The largest absolute Gasteiger partial charge is 0.375 e. The molecule has 0 bridgehead atoms. The third kappa shape index (κ3) is 4.04. The molecule has 0 fully saturated rings. The molecule has 1 N–H and O–H groups in total. The van der Waals surface area contributed by atoms with Crippen LogP contribution in [-0.2, 0) is 16.8 Å². The van der Waals surface area contributed by atoms with Crippen LogP contribution in [0.5, 0.6) is 0 Å². The Hall–Kier alpha value is -4.02. The zero-order valence-electron chi connectivity index (χ0n) is 18.7. The lowest BCUT2D eigenvalue weighted by Crippen LogP contribution is -2.42. The third-order valence-corrected chi connectivity index (χ3v) is 6.44. The number of aliphatic hydroxyl groups is 1. The van der Waals surface area contributed by atoms with Crippen molar-refractivity contribution in [1.82, 2.24) is 0 Å². The predicted octanol–water partition coefficient (Wildman–Crippen LogP) is 5.40. The van der Waals surface area contributed by atoms with Crippen molar-refractivity contribution in [2.75, 3.05) is 11.4 Å². The van der Waals surface area contributed by atoms with Crippen molar-refractivity contribution in [2.24, 2.45) is 0 Å². The molecule has 1 aliphatic heterocycles. The monoisotopic (exact) mass is 447 g/mol. The number of amides is 1. The molecular formula is C30H25NO3. The van der Waals surface area contributed by atoms with E-state index < -0.39 is 11.5 Å². The molecule has 0 radical (unpaired) electrons. The molecule has 0 aromatic heterocycles. The second-order valence-electron chi connectivity index (χ2n) is 8.61. The van der Waals surface area contributed by atoms with Gasteiger partial charge in [-0.2, -0.15) is 0 Å². The Kier molecular flexibility index (Phi) is 5.83. The SMILES string of the molecule is O=C(C[C@@]1(O)C(=O)N(CCc2ccccc2)c2ccccc21)c1ccc(-c2ccccc2)cc1. The fraction of sp³-hybridized carbons (Fsp3) is 0.133. The number of ketones is 1. The number of para-hydroxylation sites is 1. The van der Waals surface area contributed by atoms with Gasteiger partial charge in [-0.3, -0.25) is 9.59 Å². The van der Waals surface area contributed by atoms with Gasteiger partial charge in [0.25, 0.3) is 5.91 Å². The first-order valence-corrected chi connectivity index (χ1v) is 11.4. The van der Waals surface area contributed by atoms with Gasteiger partial charge in [0, 0.05) is 17.7 Å². The van der Waals surface area contributed by atoms with Crippen LogP contribution in [0.25, 0.3) is 11.1 Å². The zero-order valence-corrected chi connectivity index (χ0v) is 18.7. The molecular weight excluding hydrogens is 422 g/mol. The van der Waals surface area contributed by atoms with Gasteiger partial charge >= 0.3 is 0 Å². The second-order valence-corrected chi connectivity index (χ2v) is 8.61. The Morgan fingerprint density at radius 1 is 0.735 bits per heavy atom. The summed E-state index contributed by atoms with van der Waals surface area (Å²) >= 11 is 0. The second kappa shape index (κ2) is 9.08. The van der Waals surface area contributed by atoms with E-state index in [0.29, 0.717) is 29.8 Å². The van der Waals surface area contributed by atoms with E-state index in [9.17, 15) is 14.7 Å². The van der Waals surface area contributed by atoms with Crippen LogP contribution < -0.4 is 4.90 Å². The maximum Gasteiger partial charge on any atom is 0.264 e. The van der Waals surface area contributed by atoms with Gasteiger partial charge in [-0.1, -0.05) is 103 Å². The number of carbonyl (C=O) groups is 2. The van der Waals surface area contributed by atoms with Crippen LogP contribution in [0.4, 0.5) is 5.69 Å². The molecule has 4 heteroatoms. The van der Waals surface area contributed by atoms with E-state index in [1.165, 1.54) is 0 Å². The summed E-state index contributed by atoms with van der Waals surface area (Å²) in [7, 11) is 0. The minimum atomic E-state index is -1.87.